The van der Waals surface area contributed by atoms with E-state index < -0.39 is 0 Å². The maximum absolute atomic E-state index is 13.3. The van der Waals surface area contributed by atoms with Crippen molar-refractivity contribution in [2.45, 2.75) is 25.8 Å². The third-order valence-electron chi connectivity index (χ3n) is 3.41. The third kappa shape index (κ3) is 3.70. The summed E-state index contributed by atoms with van der Waals surface area (Å²) in [6.45, 7) is 4.53. The summed E-state index contributed by atoms with van der Waals surface area (Å²) >= 11 is 0. The molecule has 0 radical (unpaired) electrons. The van der Waals surface area contributed by atoms with Gasteiger partial charge in [-0.15, -0.1) is 0 Å². The SMILES string of the molecule is CC(C)(CNC(=O)c1coc(CN)c1)c1cccc(F)c1. The van der Waals surface area contributed by atoms with Crippen LogP contribution in [0.15, 0.2) is 41.0 Å². The van der Waals surface area contributed by atoms with Gasteiger partial charge in [-0.1, -0.05) is 26.0 Å². The minimum atomic E-state index is -0.377. The molecule has 0 unspecified atom stereocenters. The van der Waals surface area contributed by atoms with Crippen molar-refractivity contribution in [2.75, 3.05) is 6.54 Å². The van der Waals surface area contributed by atoms with Crippen molar-refractivity contribution in [3.05, 3.63) is 59.3 Å². The van der Waals surface area contributed by atoms with E-state index in [4.69, 9.17) is 10.2 Å². The topological polar surface area (TPSA) is 68.3 Å². The summed E-state index contributed by atoms with van der Waals surface area (Å²) in [6, 6.07) is 8.01. The number of carbonyl (C=O) groups is 1. The van der Waals surface area contributed by atoms with Gasteiger partial charge >= 0.3 is 0 Å². The van der Waals surface area contributed by atoms with Crippen molar-refractivity contribution in [3.8, 4) is 0 Å². The second-order valence-corrected chi connectivity index (χ2v) is 5.58. The van der Waals surface area contributed by atoms with Crippen LogP contribution in [0.5, 0.6) is 0 Å². The zero-order valence-corrected chi connectivity index (χ0v) is 12.2. The maximum Gasteiger partial charge on any atom is 0.254 e. The van der Waals surface area contributed by atoms with Crippen LogP contribution in [0.3, 0.4) is 0 Å². The highest BCUT2D eigenvalue weighted by Gasteiger charge is 2.22. The minimum absolute atomic E-state index is 0.233. The number of nitrogens with two attached hydrogens (primary N) is 1. The van der Waals surface area contributed by atoms with Gasteiger partial charge < -0.3 is 15.5 Å². The monoisotopic (exact) mass is 290 g/mol. The molecule has 21 heavy (non-hydrogen) atoms. The standard InChI is InChI=1S/C16H19FN2O2/c1-16(2,12-4-3-5-13(17)7-12)10-19-15(20)11-6-14(8-18)21-9-11/h3-7,9H,8,10,18H2,1-2H3,(H,19,20). The highest BCUT2D eigenvalue weighted by atomic mass is 19.1. The first-order valence-corrected chi connectivity index (χ1v) is 6.74. The summed E-state index contributed by atoms with van der Waals surface area (Å²) in [7, 11) is 0. The quantitative estimate of drug-likeness (QED) is 0.889. The zero-order valence-electron chi connectivity index (χ0n) is 12.2. The van der Waals surface area contributed by atoms with Crippen LogP contribution in [-0.2, 0) is 12.0 Å². The van der Waals surface area contributed by atoms with Gasteiger partial charge in [-0.25, -0.2) is 4.39 Å². The molecular weight excluding hydrogens is 271 g/mol. The van der Waals surface area contributed by atoms with E-state index in [9.17, 15) is 9.18 Å². The average Bonchev–Trinajstić information content (AvgIpc) is 2.94. The fourth-order valence-corrected chi connectivity index (χ4v) is 2.02. The van der Waals surface area contributed by atoms with Crippen LogP contribution in [0.2, 0.25) is 0 Å². The smallest absolute Gasteiger partial charge is 0.254 e. The van der Waals surface area contributed by atoms with Gasteiger partial charge in [0.05, 0.1) is 12.1 Å². The van der Waals surface area contributed by atoms with Gasteiger partial charge in [0.1, 0.15) is 17.8 Å². The van der Waals surface area contributed by atoms with Crippen molar-refractivity contribution < 1.29 is 13.6 Å². The Bertz CT molecular complexity index is 635. The Balaban J connectivity index is 2.02. The van der Waals surface area contributed by atoms with E-state index in [-0.39, 0.29) is 23.7 Å². The van der Waals surface area contributed by atoms with Gasteiger partial charge in [0.25, 0.3) is 5.91 Å². The summed E-state index contributed by atoms with van der Waals surface area (Å²) in [4.78, 5) is 12.0. The van der Waals surface area contributed by atoms with Crippen molar-refractivity contribution in [1.82, 2.24) is 5.32 Å². The molecule has 0 aliphatic rings. The van der Waals surface area contributed by atoms with Gasteiger partial charge in [-0.3, -0.25) is 4.79 Å². The summed E-state index contributed by atoms with van der Waals surface area (Å²) in [5, 5.41) is 2.83. The highest BCUT2D eigenvalue weighted by Crippen LogP contribution is 2.23. The predicted molar refractivity (Wildman–Crippen MR) is 78.4 cm³/mol. The van der Waals surface area contributed by atoms with Crippen molar-refractivity contribution >= 4 is 5.91 Å². The molecule has 4 nitrogen and oxygen atoms in total. The van der Waals surface area contributed by atoms with E-state index >= 15 is 0 Å². The molecule has 0 saturated carbocycles. The van der Waals surface area contributed by atoms with Crippen LogP contribution in [0.1, 0.15) is 35.5 Å². The van der Waals surface area contributed by atoms with E-state index in [1.165, 1.54) is 18.4 Å². The van der Waals surface area contributed by atoms with Crippen LogP contribution < -0.4 is 11.1 Å². The first-order valence-electron chi connectivity index (χ1n) is 6.74. The number of nitrogens with one attached hydrogen (secondary N) is 1. The number of benzene rings is 1. The summed E-state index contributed by atoms with van der Waals surface area (Å²) in [6.07, 6.45) is 1.38. The Kier molecular flexibility index (Phi) is 4.43. The molecule has 1 heterocycles. The van der Waals surface area contributed by atoms with Crippen LogP contribution in [0.25, 0.3) is 0 Å². The molecule has 1 amide bonds. The lowest BCUT2D eigenvalue weighted by Gasteiger charge is -2.25. The number of halogens is 1. The summed E-state index contributed by atoms with van der Waals surface area (Å²) in [5.74, 6) is 0.0433. The molecule has 0 saturated heterocycles. The number of carbonyl (C=O) groups excluding carboxylic acids is 1. The lowest BCUT2D eigenvalue weighted by Crippen LogP contribution is -2.36. The first-order chi connectivity index (χ1) is 9.92. The van der Waals surface area contributed by atoms with E-state index in [0.29, 0.717) is 17.9 Å². The van der Waals surface area contributed by atoms with Gasteiger partial charge in [0.15, 0.2) is 0 Å². The number of hydrogen-bond acceptors (Lipinski definition) is 3. The fraction of sp³-hybridized carbons (Fsp3) is 0.312. The van der Waals surface area contributed by atoms with Crippen LogP contribution in [0, 0.1) is 5.82 Å². The molecule has 0 fully saturated rings. The van der Waals surface area contributed by atoms with Crippen molar-refractivity contribution in [2.24, 2.45) is 5.73 Å². The minimum Gasteiger partial charge on any atom is -0.467 e. The Hall–Kier alpha value is -2.14. The van der Waals surface area contributed by atoms with E-state index in [0.717, 1.165) is 5.56 Å². The maximum atomic E-state index is 13.3. The van der Waals surface area contributed by atoms with E-state index in [1.54, 1.807) is 12.1 Å². The predicted octanol–water partition coefficient (Wildman–Crippen LogP) is 2.59. The lowest BCUT2D eigenvalue weighted by molar-refractivity contribution is 0.0945. The number of furan rings is 1. The average molecular weight is 290 g/mol. The van der Waals surface area contributed by atoms with Gasteiger partial charge in [0, 0.05) is 12.0 Å². The van der Waals surface area contributed by atoms with Gasteiger partial charge in [-0.05, 0) is 23.8 Å². The van der Waals surface area contributed by atoms with Gasteiger partial charge in [0.2, 0.25) is 0 Å². The second kappa shape index (κ2) is 6.10. The lowest BCUT2D eigenvalue weighted by atomic mass is 9.84. The molecule has 0 spiro atoms. The molecule has 112 valence electrons. The molecule has 3 N–H and O–H groups in total. The van der Waals surface area contributed by atoms with Crippen molar-refractivity contribution in [1.29, 1.82) is 0 Å². The molecule has 2 rings (SSSR count). The Labute approximate surface area is 123 Å². The Morgan fingerprint density at radius 3 is 2.76 bits per heavy atom. The third-order valence-corrected chi connectivity index (χ3v) is 3.41. The zero-order chi connectivity index (χ0) is 15.5. The summed E-state index contributed by atoms with van der Waals surface area (Å²) < 4.78 is 18.4. The Morgan fingerprint density at radius 1 is 1.38 bits per heavy atom. The Morgan fingerprint density at radius 2 is 2.14 bits per heavy atom. The summed E-state index contributed by atoms with van der Waals surface area (Å²) in [5.41, 5.74) is 6.33. The molecule has 5 heteroatoms. The van der Waals surface area contributed by atoms with Crippen LogP contribution in [0.4, 0.5) is 4.39 Å². The highest BCUT2D eigenvalue weighted by molar-refractivity contribution is 5.94. The molecule has 2 aromatic rings. The van der Waals surface area contributed by atoms with E-state index in [2.05, 4.69) is 5.32 Å². The van der Waals surface area contributed by atoms with Gasteiger partial charge in [-0.2, -0.15) is 0 Å². The van der Waals surface area contributed by atoms with Crippen LogP contribution >= 0.6 is 0 Å². The number of hydrogen-bond donors (Lipinski definition) is 2. The second-order valence-electron chi connectivity index (χ2n) is 5.58. The number of rotatable bonds is 5. The fourth-order valence-electron chi connectivity index (χ4n) is 2.02. The molecule has 1 aromatic carbocycles. The molecule has 1 aromatic heterocycles. The molecule has 0 atom stereocenters. The molecular formula is C16H19FN2O2. The van der Waals surface area contributed by atoms with E-state index in [1.807, 2.05) is 19.9 Å². The van der Waals surface area contributed by atoms with Crippen molar-refractivity contribution in [3.63, 3.8) is 0 Å². The van der Waals surface area contributed by atoms with Crippen LogP contribution in [-0.4, -0.2) is 12.5 Å². The first kappa shape index (κ1) is 15.3. The molecule has 0 bridgehead atoms. The number of amides is 1. The molecule has 0 aliphatic carbocycles. The largest absolute Gasteiger partial charge is 0.467 e. The molecule has 0 aliphatic heterocycles. The normalized spacial score (nSPS) is 11.4.